The molecule has 0 saturated heterocycles. The first-order valence-electron chi connectivity index (χ1n) is 9.76. The Bertz CT molecular complexity index is 1090. The van der Waals surface area contributed by atoms with Crippen LogP contribution in [0.3, 0.4) is 0 Å². The van der Waals surface area contributed by atoms with E-state index in [1.54, 1.807) is 71.4 Å². The van der Waals surface area contributed by atoms with E-state index >= 15 is 0 Å². The van der Waals surface area contributed by atoms with Crippen LogP contribution in [0.5, 0.6) is 11.5 Å². The number of hydrogen-bond donors (Lipinski definition) is 0. The first-order chi connectivity index (χ1) is 15.8. The minimum atomic E-state index is -0.194. The Balaban J connectivity index is 0.000000227. The maximum Gasteiger partial charge on any atom is 2.00 e. The number of nitrogens with zero attached hydrogens (tertiary/aromatic N) is 8. The van der Waals surface area contributed by atoms with Crippen LogP contribution in [-0.4, -0.2) is 59.0 Å². The fraction of sp³-hybridized carbons (Fsp3) is 0.136. The number of pyridine rings is 2. The quantitative estimate of drug-likeness (QED) is 0.297. The third-order valence-corrected chi connectivity index (χ3v) is 4.48. The van der Waals surface area contributed by atoms with Gasteiger partial charge in [0, 0.05) is 61.7 Å². The standard InChI is InChI=1S/C12H12N2O2.C10H10N6.H2O.Ru/c1-15-9-3-5-13-11(7-9)12-8-10(16-2)4-6-14-12;1-4-11-14(7-1)10(15-8-2-5-12-15)16-9-3-6-13-16;;/h3-8H,1-2H3;1-10H;1H2;/q;;;+2. The number of ether oxygens (including phenoxy) is 2. The molecule has 0 aliphatic heterocycles. The van der Waals surface area contributed by atoms with Crippen molar-refractivity contribution < 1.29 is 34.4 Å². The third-order valence-electron chi connectivity index (χ3n) is 4.48. The maximum absolute atomic E-state index is 5.13. The van der Waals surface area contributed by atoms with E-state index in [-0.39, 0.29) is 31.2 Å². The third kappa shape index (κ3) is 6.34. The molecule has 176 valence electrons. The van der Waals surface area contributed by atoms with Crippen LogP contribution >= 0.6 is 0 Å². The molecule has 5 aromatic heterocycles. The van der Waals surface area contributed by atoms with Crippen LogP contribution in [0.4, 0.5) is 0 Å². The van der Waals surface area contributed by atoms with Gasteiger partial charge in [-0.15, -0.1) is 0 Å². The zero-order valence-corrected chi connectivity index (χ0v) is 20.2. The van der Waals surface area contributed by atoms with E-state index in [1.165, 1.54) is 0 Å². The van der Waals surface area contributed by atoms with E-state index in [9.17, 15) is 0 Å². The van der Waals surface area contributed by atoms with Crippen molar-refractivity contribution in [3.63, 3.8) is 0 Å². The molecule has 0 aliphatic carbocycles. The van der Waals surface area contributed by atoms with Crippen LogP contribution in [-0.2, 0) is 19.5 Å². The van der Waals surface area contributed by atoms with E-state index in [1.807, 2.05) is 48.9 Å². The number of aromatic nitrogens is 8. The van der Waals surface area contributed by atoms with Gasteiger partial charge in [0.15, 0.2) is 0 Å². The number of methoxy groups -OCH3 is 2. The Morgan fingerprint density at radius 3 is 1.32 bits per heavy atom. The Labute approximate surface area is 209 Å². The molecule has 34 heavy (non-hydrogen) atoms. The summed E-state index contributed by atoms with van der Waals surface area (Å²) in [4.78, 5) is 8.47. The molecule has 0 unspecified atom stereocenters. The second kappa shape index (κ2) is 13.0. The summed E-state index contributed by atoms with van der Waals surface area (Å²) in [5, 5.41) is 12.7. The van der Waals surface area contributed by atoms with Crippen LogP contribution < -0.4 is 9.47 Å². The molecule has 0 amide bonds. The van der Waals surface area contributed by atoms with Gasteiger partial charge in [0.2, 0.25) is 6.29 Å². The zero-order chi connectivity index (χ0) is 22.2. The van der Waals surface area contributed by atoms with Crippen molar-refractivity contribution in [1.82, 2.24) is 39.3 Å². The largest absolute Gasteiger partial charge is 2.00 e. The average molecular weight is 550 g/mol. The molecule has 2 N–H and O–H groups in total. The first kappa shape index (κ1) is 26.4. The minimum Gasteiger partial charge on any atom is -0.497 e. The molecule has 5 heterocycles. The molecule has 5 aromatic rings. The molecule has 0 atom stereocenters. The molecule has 0 aromatic carbocycles. The van der Waals surface area contributed by atoms with Gasteiger partial charge >= 0.3 is 19.5 Å². The molecule has 0 radical (unpaired) electrons. The maximum atomic E-state index is 5.13. The van der Waals surface area contributed by atoms with Gasteiger partial charge in [-0.3, -0.25) is 9.97 Å². The predicted molar refractivity (Wildman–Crippen MR) is 121 cm³/mol. The van der Waals surface area contributed by atoms with Crippen molar-refractivity contribution in [1.29, 1.82) is 0 Å². The summed E-state index contributed by atoms with van der Waals surface area (Å²) in [5.74, 6) is 1.52. The summed E-state index contributed by atoms with van der Waals surface area (Å²) in [5.41, 5.74) is 1.52. The van der Waals surface area contributed by atoms with Gasteiger partial charge in [-0.25, -0.2) is 14.0 Å². The van der Waals surface area contributed by atoms with Crippen molar-refractivity contribution in [2.75, 3.05) is 14.2 Å². The van der Waals surface area contributed by atoms with Gasteiger partial charge in [0.05, 0.1) is 25.6 Å². The molecule has 0 fully saturated rings. The van der Waals surface area contributed by atoms with Crippen LogP contribution in [0.25, 0.3) is 11.4 Å². The molecule has 0 aliphatic rings. The average Bonchev–Trinajstić information content (AvgIpc) is 3.65. The summed E-state index contributed by atoms with van der Waals surface area (Å²) < 4.78 is 15.6. The van der Waals surface area contributed by atoms with Gasteiger partial charge in [-0.05, 0) is 30.3 Å². The summed E-state index contributed by atoms with van der Waals surface area (Å²) in [6.45, 7) is 0. The zero-order valence-electron chi connectivity index (χ0n) is 18.5. The second-order valence-corrected chi connectivity index (χ2v) is 6.47. The summed E-state index contributed by atoms with van der Waals surface area (Å²) in [6, 6.07) is 12.9. The predicted octanol–water partition coefficient (Wildman–Crippen LogP) is 2.16. The van der Waals surface area contributed by atoms with E-state index < -0.39 is 0 Å². The number of rotatable bonds is 6. The van der Waals surface area contributed by atoms with Gasteiger partial charge in [-0.2, -0.15) is 15.3 Å². The van der Waals surface area contributed by atoms with Crippen LogP contribution in [0.1, 0.15) is 6.29 Å². The van der Waals surface area contributed by atoms with Gasteiger partial charge in [0.25, 0.3) is 0 Å². The molecule has 5 rings (SSSR count). The Morgan fingerprint density at radius 2 is 1.03 bits per heavy atom. The molecular weight excluding hydrogens is 525 g/mol. The van der Waals surface area contributed by atoms with Crippen molar-refractivity contribution in [2.45, 2.75) is 6.29 Å². The molecule has 12 heteroatoms. The normalized spacial score (nSPS) is 9.85. The van der Waals surface area contributed by atoms with E-state index in [0.29, 0.717) is 0 Å². The van der Waals surface area contributed by atoms with Crippen LogP contribution in [0, 0.1) is 0 Å². The summed E-state index contributed by atoms with van der Waals surface area (Å²) in [6.07, 6.45) is 14.0. The fourth-order valence-corrected chi connectivity index (χ4v) is 2.97. The summed E-state index contributed by atoms with van der Waals surface area (Å²) in [7, 11) is 3.25. The van der Waals surface area contributed by atoms with Crippen LogP contribution in [0.15, 0.2) is 92.0 Å². The van der Waals surface area contributed by atoms with Gasteiger partial charge in [0.1, 0.15) is 11.5 Å². The van der Waals surface area contributed by atoms with E-state index in [4.69, 9.17) is 9.47 Å². The van der Waals surface area contributed by atoms with Gasteiger partial charge < -0.3 is 14.9 Å². The molecule has 0 spiro atoms. The molecule has 0 bridgehead atoms. The van der Waals surface area contributed by atoms with Gasteiger partial charge in [-0.1, -0.05) is 0 Å². The van der Waals surface area contributed by atoms with Crippen LogP contribution in [0.2, 0.25) is 0 Å². The Morgan fingerprint density at radius 1 is 0.647 bits per heavy atom. The smallest absolute Gasteiger partial charge is 0.497 e. The first-order valence-corrected chi connectivity index (χ1v) is 9.76. The Kier molecular flexibility index (Phi) is 10.1. The summed E-state index contributed by atoms with van der Waals surface area (Å²) >= 11 is 0. The second-order valence-electron chi connectivity index (χ2n) is 6.47. The van der Waals surface area contributed by atoms with Crippen molar-refractivity contribution in [3.8, 4) is 22.9 Å². The SMILES string of the molecule is COc1ccnc(-c2cc(OC)ccn2)c1.O.[Ru+2].c1cnn(C(n2cccn2)n2cccn2)c1. The van der Waals surface area contributed by atoms with Crippen molar-refractivity contribution >= 4 is 0 Å². The fourth-order valence-electron chi connectivity index (χ4n) is 2.97. The molecule has 0 saturated carbocycles. The number of hydrogen-bond acceptors (Lipinski definition) is 7. The molecular formula is C22H24N8O3Ru+2. The minimum absolute atomic E-state index is 0. The van der Waals surface area contributed by atoms with E-state index in [2.05, 4.69) is 25.3 Å². The van der Waals surface area contributed by atoms with Crippen molar-refractivity contribution in [2.24, 2.45) is 0 Å². The molecule has 11 nitrogen and oxygen atoms in total. The Hall–Kier alpha value is -3.89. The van der Waals surface area contributed by atoms with E-state index in [0.717, 1.165) is 22.9 Å². The van der Waals surface area contributed by atoms with Crippen molar-refractivity contribution in [3.05, 3.63) is 92.0 Å². The topological polar surface area (TPSA) is 129 Å². The monoisotopic (exact) mass is 550 g/mol.